The van der Waals surface area contributed by atoms with E-state index in [4.69, 9.17) is 4.42 Å². The lowest BCUT2D eigenvalue weighted by Gasteiger charge is -2.55. The molecule has 7 aromatic rings. The Hall–Kier alpha value is -5.48. The van der Waals surface area contributed by atoms with Crippen LogP contribution in [0.1, 0.15) is 95.4 Å². The average molecular weight is 741 g/mol. The number of furan rings is 1. The second-order valence-electron chi connectivity index (χ2n) is 18.5. The maximum Gasteiger partial charge on any atom is 0.333 e. The molecule has 1 saturated carbocycles. The molecule has 280 valence electrons. The maximum absolute atomic E-state index is 7.39. The molecule has 3 aliphatic heterocycles. The number of hydrogen-bond donors (Lipinski definition) is 0. The van der Waals surface area contributed by atoms with E-state index in [9.17, 15) is 0 Å². The summed E-state index contributed by atoms with van der Waals surface area (Å²) < 4.78 is 7.39. The Balaban J connectivity index is 1.27. The number of aryl methyl sites for hydroxylation is 1. The molecule has 4 heteroatoms. The smallest absolute Gasteiger partial charge is 0.333 e. The highest BCUT2D eigenvalue weighted by atomic mass is 16.4. The number of anilines is 4. The molecule has 2 atom stereocenters. The Morgan fingerprint density at radius 1 is 0.649 bits per heavy atom. The number of nitrogens with zero attached hydrogens (tertiary/aromatic N) is 2. The van der Waals surface area contributed by atoms with Crippen molar-refractivity contribution in [3.8, 4) is 33.4 Å². The Kier molecular flexibility index (Phi) is 6.83. The summed E-state index contributed by atoms with van der Waals surface area (Å²) in [6.45, 7) is 12.3. The van der Waals surface area contributed by atoms with Gasteiger partial charge >= 0.3 is 6.85 Å². The topological polar surface area (TPSA) is 19.6 Å². The van der Waals surface area contributed by atoms with Gasteiger partial charge in [-0.2, -0.15) is 0 Å². The molecule has 0 amide bonds. The molecule has 5 aliphatic rings. The highest BCUT2D eigenvalue weighted by molar-refractivity contribution is 6.94. The number of fused-ring (bicyclic) bond motifs is 13. The van der Waals surface area contributed by atoms with Crippen LogP contribution in [0.5, 0.6) is 0 Å². The van der Waals surface area contributed by atoms with Gasteiger partial charge in [-0.25, -0.2) is 0 Å². The summed E-state index contributed by atoms with van der Waals surface area (Å²) in [5.41, 5.74) is 21.1. The summed E-state index contributed by atoms with van der Waals surface area (Å²) in [4.78, 5) is 5.52. The minimum atomic E-state index is -0.180. The van der Waals surface area contributed by atoms with Crippen LogP contribution < -0.4 is 20.6 Å². The second-order valence-corrected chi connectivity index (χ2v) is 18.5. The minimum Gasteiger partial charge on any atom is -0.440 e. The van der Waals surface area contributed by atoms with Crippen molar-refractivity contribution < 1.29 is 4.42 Å². The van der Waals surface area contributed by atoms with Gasteiger partial charge in [-0.1, -0.05) is 144 Å². The van der Waals surface area contributed by atoms with E-state index in [1.54, 1.807) is 0 Å². The van der Waals surface area contributed by atoms with Gasteiger partial charge in [0.25, 0.3) is 0 Å². The van der Waals surface area contributed by atoms with Gasteiger partial charge in [0.05, 0.1) is 11.4 Å². The van der Waals surface area contributed by atoms with Crippen molar-refractivity contribution in [3.05, 3.63) is 144 Å². The van der Waals surface area contributed by atoms with Gasteiger partial charge in [0.1, 0.15) is 5.58 Å². The molecular formula is C53H49BN2O. The summed E-state index contributed by atoms with van der Waals surface area (Å²) in [6.07, 6.45) is 8.32. The maximum atomic E-state index is 7.39. The molecule has 1 aromatic heterocycles. The normalized spacial score (nSPS) is 21.5. The zero-order valence-corrected chi connectivity index (χ0v) is 33.9. The van der Waals surface area contributed by atoms with Crippen molar-refractivity contribution in [1.29, 1.82) is 0 Å². The van der Waals surface area contributed by atoms with Crippen LogP contribution in [-0.4, -0.2) is 12.4 Å². The van der Waals surface area contributed by atoms with Crippen LogP contribution in [0.4, 0.5) is 22.9 Å². The fourth-order valence-corrected chi connectivity index (χ4v) is 12.4. The first-order valence-electron chi connectivity index (χ1n) is 21.5. The van der Waals surface area contributed by atoms with E-state index in [2.05, 4.69) is 166 Å². The first-order chi connectivity index (χ1) is 27.8. The zero-order valence-electron chi connectivity index (χ0n) is 33.9. The lowest BCUT2D eigenvalue weighted by molar-refractivity contribution is 0.199. The van der Waals surface area contributed by atoms with Gasteiger partial charge in [-0.15, -0.1) is 0 Å². The van der Waals surface area contributed by atoms with Crippen molar-refractivity contribution in [2.45, 2.75) is 95.9 Å². The van der Waals surface area contributed by atoms with E-state index < -0.39 is 0 Å². The Morgan fingerprint density at radius 3 is 2.26 bits per heavy atom. The molecule has 0 radical (unpaired) electrons. The van der Waals surface area contributed by atoms with E-state index in [0.29, 0.717) is 0 Å². The quantitative estimate of drug-likeness (QED) is 0.164. The number of hydrogen-bond acceptors (Lipinski definition) is 3. The van der Waals surface area contributed by atoms with Crippen molar-refractivity contribution in [3.63, 3.8) is 0 Å². The highest BCUT2D eigenvalue weighted by Gasteiger charge is 2.64. The van der Waals surface area contributed by atoms with Gasteiger partial charge in [0, 0.05) is 49.6 Å². The van der Waals surface area contributed by atoms with Crippen LogP contribution in [0.2, 0.25) is 0 Å². The predicted molar refractivity (Wildman–Crippen MR) is 240 cm³/mol. The van der Waals surface area contributed by atoms with Gasteiger partial charge in [-0.05, 0) is 101 Å². The van der Waals surface area contributed by atoms with Crippen LogP contribution in [-0.2, 0) is 17.3 Å². The summed E-state index contributed by atoms with van der Waals surface area (Å²) in [6, 6.07) is 46.3. The molecule has 0 spiro atoms. The van der Waals surface area contributed by atoms with Crippen LogP contribution >= 0.6 is 0 Å². The lowest BCUT2D eigenvalue weighted by Crippen LogP contribution is -2.70. The third kappa shape index (κ3) is 4.14. The molecule has 57 heavy (non-hydrogen) atoms. The van der Waals surface area contributed by atoms with Gasteiger partial charge in [-0.3, -0.25) is 4.90 Å². The standard InChI is InChI=1S/C53H49BN2O/c1-6-7-18-33-27-28-43(38(31-33)34-19-9-8-10-20-34)55-49-45-36-21-11-13-24-40(36)51(2,3)42(45)32-39-35-23-17-25-41-48(35)56(53(5)30-16-15-29-52(41,53)4)54(46(39)49)47-37-22-12-14-26-44(37)57-50(47)55/h8-14,17,19-28,31-32H,6-7,15-16,18,29-30H2,1-5H3. The number of para-hydroxylation sites is 2. The summed E-state index contributed by atoms with van der Waals surface area (Å²) in [5, 5.41) is 1.22. The first kappa shape index (κ1) is 33.6. The molecule has 12 rings (SSSR count). The predicted octanol–water partition coefficient (Wildman–Crippen LogP) is 12.7. The zero-order chi connectivity index (χ0) is 38.4. The van der Waals surface area contributed by atoms with E-state index in [1.165, 1.54) is 128 Å². The van der Waals surface area contributed by atoms with Crippen molar-refractivity contribution in [1.82, 2.24) is 0 Å². The number of unbranched alkanes of at least 4 members (excludes halogenated alkanes) is 1. The van der Waals surface area contributed by atoms with E-state index in [0.717, 1.165) is 17.9 Å². The third-order valence-corrected chi connectivity index (χ3v) is 15.4. The Morgan fingerprint density at radius 2 is 1.40 bits per heavy atom. The SMILES string of the molecule is CCCCc1ccc(N2c3oc4ccccc4c3B3c4c(cc5c(c42)-c2ccccc2C5(C)C)-c2cccc4c2N3C2(C)CCCCC42C)c(-c2ccccc2)c1. The average Bonchev–Trinajstić information content (AvgIpc) is 3.81. The summed E-state index contributed by atoms with van der Waals surface area (Å²) in [7, 11) is 0. The van der Waals surface area contributed by atoms with E-state index in [-0.39, 0.29) is 23.2 Å². The summed E-state index contributed by atoms with van der Waals surface area (Å²) >= 11 is 0. The minimum absolute atomic E-state index is 0.00588. The fourth-order valence-electron chi connectivity index (χ4n) is 12.4. The van der Waals surface area contributed by atoms with Crippen LogP contribution in [0.25, 0.3) is 44.3 Å². The van der Waals surface area contributed by atoms with Crippen molar-refractivity contribution >= 4 is 51.7 Å². The molecule has 4 heterocycles. The van der Waals surface area contributed by atoms with Crippen LogP contribution in [0, 0.1) is 0 Å². The van der Waals surface area contributed by atoms with Gasteiger partial charge in [0.15, 0.2) is 0 Å². The Labute approximate surface area is 337 Å². The second kappa shape index (κ2) is 11.6. The van der Waals surface area contributed by atoms with Crippen molar-refractivity contribution in [2.24, 2.45) is 0 Å². The molecule has 2 aliphatic carbocycles. The molecule has 0 saturated heterocycles. The lowest BCUT2D eigenvalue weighted by atomic mass is 9.42. The molecule has 0 bridgehead atoms. The molecular weight excluding hydrogens is 691 g/mol. The van der Waals surface area contributed by atoms with E-state index >= 15 is 0 Å². The third-order valence-electron chi connectivity index (χ3n) is 15.4. The molecule has 2 unspecified atom stereocenters. The van der Waals surface area contributed by atoms with Gasteiger partial charge in [0.2, 0.25) is 5.88 Å². The molecule has 0 N–H and O–H groups in total. The molecule has 3 nitrogen and oxygen atoms in total. The van der Waals surface area contributed by atoms with Gasteiger partial charge < -0.3 is 9.23 Å². The van der Waals surface area contributed by atoms with Crippen molar-refractivity contribution in [2.75, 3.05) is 9.71 Å². The monoisotopic (exact) mass is 740 g/mol. The number of rotatable bonds is 5. The largest absolute Gasteiger partial charge is 0.440 e. The highest BCUT2D eigenvalue weighted by Crippen LogP contribution is 2.65. The van der Waals surface area contributed by atoms with E-state index in [1.807, 2.05) is 0 Å². The van der Waals surface area contributed by atoms with Crippen LogP contribution in [0.15, 0.2) is 126 Å². The Bertz CT molecular complexity index is 2830. The first-order valence-corrected chi connectivity index (χ1v) is 21.5. The number of benzene rings is 6. The molecule has 1 fully saturated rings. The molecule has 6 aromatic carbocycles. The summed E-state index contributed by atoms with van der Waals surface area (Å²) in [5.74, 6) is 0.961. The fraction of sp³-hybridized carbons (Fsp3) is 0.283. The van der Waals surface area contributed by atoms with Crippen LogP contribution in [0.3, 0.4) is 0 Å².